The topological polar surface area (TPSA) is 64.7 Å². The van der Waals surface area contributed by atoms with Gasteiger partial charge in [-0.1, -0.05) is 12.1 Å². The molecule has 0 aliphatic carbocycles. The van der Waals surface area contributed by atoms with E-state index in [1.54, 1.807) is 17.1 Å². The van der Waals surface area contributed by atoms with E-state index in [2.05, 4.69) is 31.4 Å². The molecule has 1 aromatic carbocycles. The Kier molecular flexibility index (Phi) is 4.80. The van der Waals surface area contributed by atoms with Crippen molar-refractivity contribution < 1.29 is 4.79 Å². The lowest BCUT2D eigenvalue weighted by Crippen LogP contribution is -2.25. The number of amides is 1. The van der Waals surface area contributed by atoms with Crippen molar-refractivity contribution >= 4 is 27.5 Å². The van der Waals surface area contributed by atoms with Crippen LogP contribution in [0.5, 0.6) is 0 Å². The monoisotopic (exact) mass is 387 g/mol. The predicted molar refractivity (Wildman–Crippen MR) is 95.8 cm³/mol. The first-order chi connectivity index (χ1) is 11.5. The van der Waals surface area contributed by atoms with Crippen molar-refractivity contribution in [3.63, 3.8) is 0 Å². The summed E-state index contributed by atoms with van der Waals surface area (Å²) in [6, 6.07) is 9.27. The molecule has 0 bridgehead atoms. The maximum atomic E-state index is 12.4. The first kappa shape index (κ1) is 16.4. The number of carbonyl (C=O) groups is 1. The molecule has 0 spiro atoms. The standard InChI is InChI=1S/C17H18BrN5O/c1-12-6-7-19-23(12)13(2)17(24)21-16-5-3-4-14(8-16)10-22-11-15(18)9-20-22/h3-9,11,13H,10H2,1-2H3,(H,21,24). The van der Waals surface area contributed by atoms with E-state index in [1.807, 2.05) is 55.1 Å². The molecule has 24 heavy (non-hydrogen) atoms. The number of hydrogen-bond donors (Lipinski definition) is 1. The van der Waals surface area contributed by atoms with Crippen LogP contribution >= 0.6 is 15.9 Å². The molecule has 1 amide bonds. The fourth-order valence-electron chi connectivity index (χ4n) is 2.50. The molecular formula is C17H18BrN5O. The molecule has 2 aromatic heterocycles. The van der Waals surface area contributed by atoms with Gasteiger partial charge in [-0.15, -0.1) is 0 Å². The Morgan fingerprint density at radius 2 is 2.17 bits per heavy atom. The maximum Gasteiger partial charge on any atom is 0.248 e. The second kappa shape index (κ2) is 7.00. The summed E-state index contributed by atoms with van der Waals surface area (Å²) in [5.74, 6) is -0.0965. The van der Waals surface area contributed by atoms with E-state index in [4.69, 9.17) is 0 Å². The summed E-state index contributed by atoms with van der Waals surface area (Å²) < 4.78 is 4.48. The van der Waals surface area contributed by atoms with E-state index < -0.39 is 0 Å². The Morgan fingerprint density at radius 1 is 1.33 bits per heavy atom. The number of aromatic nitrogens is 4. The van der Waals surface area contributed by atoms with E-state index in [0.29, 0.717) is 6.54 Å². The molecule has 3 aromatic rings. The first-order valence-electron chi connectivity index (χ1n) is 7.61. The van der Waals surface area contributed by atoms with Crippen LogP contribution in [0.4, 0.5) is 5.69 Å². The number of halogens is 1. The van der Waals surface area contributed by atoms with E-state index in [1.165, 1.54) is 0 Å². The fraction of sp³-hybridized carbons (Fsp3) is 0.235. The summed E-state index contributed by atoms with van der Waals surface area (Å²) in [6.07, 6.45) is 5.36. The number of aryl methyl sites for hydroxylation is 1. The zero-order valence-electron chi connectivity index (χ0n) is 13.5. The van der Waals surface area contributed by atoms with Crippen LogP contribution in [0.2, 0.25) is 0 Å². The van der Waals surface area contributed by atoms with Crippen LogP contribution in [-0.2, 0) is 11.3 Å². The third kappa shape index (κ3) is 3.73. The van der Waals surface area contributed by atoms with Gasteiger partial charge in [-0.3, -0.25) is 14.2 Å². The van der Waals surface area contributed by atoms with Gasteiger partial charge in [-0.25, -0.2) is 0 Å². The van der Waals surface area contributed by atoms with Gasteiger partial charge in [-0.05, 0) is 53.5 Å². The highest BCUT2D eigenvalue weighted by Gasteiger charge is 2.17. The largest absolute Gasteiger partial charge is 0.324 e. The molecule has 124 valence electrons. The molecule has 1 unspecified atom stereocenters. The fourth-order valence-corrected chi connectivity index (χ4v) is 2.83. The van der Waals surface area contributed by atoms with Gasteiger partial charge in [0.1, 0.15) is 6.04 Å². The van der Waals surface area contributed by atoms with Crippen molar-refractivity contribution in [2.24, 2.45) is 0 Å². The number of nitrogens with one attached hydrogen (secondary N) is 1. The first-order valence-corrected chi connectivity index (χ1v) is 8.40. The van der Waals surface area contributed by atoms with Crippen LogP contribution in [0, 0.1) is 6.92 Å². The molecule has 6 nitrogen and oxygen atoms in total. The Bertz CT molecular complexity index is 854. The third-order valence-corrected chi connectivity index (χ3v) is 4.16. The summed E-state index contributed by atoms with van der Waals surface area (Å²) in [6.45, 7) is 4.41. The second-order valence-corrected chi connectivity index (χ2v) is 6.55. The molecule has 0 radical (unpaired) electrons. The van der Waals surface area contributed by atoms with Gasteiger partial charge in [-0.2, -0.15) is 10.2 Å². The van der Waals surface area contributed by atoms with Crippen LogP contribution in [0.15, 0.2) is 53.4 Å². The molecule has 0 saturated heterocycles. The molecule has 3 rings (SSSR count). The molecular weight excluding hydrogens is 370 g/mol. The van der Waals surface area contributed by atoms with Gasteiger partial charge in [0.15, 0.2) is 0 Å². The average Bonchev–Trinajstić information content (AvgIpc) is 3.15. The van der Waals surface area contributed by atoms with Gasteiger partial charge in [0.05, 0.1) is 17.2 Å². The van der Waals surface area contributed by atoms with Crippen molar-refractivity contribution in [2.45, 2.75) is 26.4 Å². The highest BCUT2D eigenvalue weighted by Crippen LogP contribution is 2.16. The van der Waals surface area contributed by atoms with Gasteiger partial charge in [0, 0.05) is 23.8 Å². The summed E-state index contributed by atoms with van der Waals surface area (Å²) in [7, 11) is 0. The molecule has 0 saturated carbocycles. The van der Waals surface area contributed by atoms with Crippen LogP contribution in [0.25, 0.3) is 0 Å². The molecule has 1 N–H and O–H groups in total. The maximum absolute atomic E-state index is 12.4. The van der Waals surface area contributed by atoms with Crippen molar-refractivity contribution in [3.05, 3.63) is 64.7 Å². The number of carbonyl (C=O) groups excluding carboxylic acids is 1. The van der Waals surface area contributed by atoms with Gasteiger partial charge < -0.3 is 5.32 Å². The number of hydrogen-bond acceptors (Lipinski definition) is 3. The van der Waals surface area contributed by atoms with Gasteiger partial charge in [0.25, 0.3) is 0 Å². The third-order valence-electron chi connectivity index (χ3n) is 3.76. The molecule has 0 aliphatic heterocycles. The van der Waals surface area contributed by atoms with Gasteiger partial charge >= 0.3 is 0 Å². The number of rotatable bonds is 5. The number of benzene rings is 1. The van der Waals surface area contributed by atoms with Crippen LogP contribution in [0.1, 0.15) is 24.2 Å². The average molecular weight is 388 g/mol. The smallest absolute Gasteiger partial charge is 0.248 e. The molecule has 7 heteroatoms. The van der Waals surface area contributed by atoms with Crippen molar-refractivity contribution in [1.82, 2.24) is 19.6 Å². The Morgan fingerprint density at radius 3 is 2.83 bits per heavy atom. The molecule has 2 heterocycles. The van der Waals surface area contributed by atoms with Crippen LogP contribution in [0.3, 0.4) is 0 Å². The summed E-state index contributed by atoms with van der Waals surface area (Å²) >= 11 is 3.38. The molecule has 0 aliphatic rings. The summed E-state index contributed by atoms with van der Waals surface area (Å²) in [5, 5.41) is 11.4. The van der Waals surface area contributed by atoms with Crippen LogP contribution in [-0.4, -0.2) is 25.5 Å². The van der Waals surface area contributed by atoms with Gasteiger partial charge in [0.2, 0.25) is 5.91 Å². The van der Waals surface area contributed by atoms with Crippen molar-refractivity contribution in [2.75, 3.05) is 5.32 Å². The van der Waals surface area contributed by atoms with E-state index in [9.17, 15) is 4.79 Å². The predicted octanol–water partition coefficient (Wildman–Crippen LogP) is 3.40. The number of anilines is 1. The van der Waals surface area contributed by atoms with E-state index in [0.717, 1.165) is 21.4 Å². The lowest BCUT2D eigenvalue weighted by molar-refractivity contribution is -0.119. The normalized spacial score (nSPS) is 12.1. The van der Waals surface area contributed by atoms with Crippen LogP contribution < -0.4 is 5.32 Å². The Balaban J connectivity index is 1.70. The minimum Gasteiger partial charge on any atom is -0.324 e. The zero-order valence-corrected chi connectivity index (χ0v) is 15.1. The Hall–Kier alpha value is -2.41. The Labute approximate surface area is 148 Å². The zero-order chi connectivity index (χ0) is 17.1. The highest BCUT2D eigenvalue weighted by molar-refractivity contribution is 9.10. The molecule has 0 fully saturated rings. The second-order valence-electron chi connectivity index (χ2n) is 5.64. The molecule has 1 atom stereocenters. The van der Waals surface area contributed by atoms with E-state index >= 15 is 0 Å². The van der Waals surface area contributed by atoms with E-state index in [-0.39, 0.29) is 11.9 Å². The van der Waals surface area contributed by atoms with Crippen molar-refractivity contribution in [3.8, 4) is 0 Å². The summed E-state index contributed by atoms with van der Waals surface area (Å²) in [4.78, 5) is 12.4. The lowest BCUT2D eigenvalue weighted by atomic mass is 10.2. The SMILES string of the molecule is Cc1ccnn1C(C)C(=O)Nc1cccc(Cn2cc(Br)cn2)c1. The lowest BCUT2D eigenvalue weighted by Gasteiger charge is -2.15. The quantitative estimate of drug-likeness (QED) is 0.729. The minimum absolute atomic E-state index is 0.0965. The summed E-state index contributed by atoms with van der Waals surface area (Å²) in [5.41, 5.74) is 2.78. The van der Waals surface area contributed by atoms with Crippen molar-refractivity contribution in [1.29, 1.82) is 0 Å². The minimum atomic E-state index is -0.370. The number of nitrogens with zero attached hydrogens (tertiary/aromatic N) is 4. The highest BCUT2D eigenvalue weighted by atomic mass is 79.9.